The summed E-state index contributed by atoms with van der Waals surface area (Å²) in [6.45, 7) is 3.60. The van der Waals surface area contributed by atoms with Gasteiger partial charge in [0.2, 0.25) is 5.91 Å². The van der Waals surface area contributed by atoms with Crippen LogP contribution in [0.25, 0.3) is 0 Å². The summed E-state index contributed by atoms with van der Waals surface area (Å²) in [7, 11) is 0. The van der Waals surface area contributed by atoms with Crippen molar-refractivity contribution in [1.82, 2.24) is 15.4 Å². The van der Waals surface area contributed by atoms with Gasteiger partial charge in [0.05, 0.1) is 12.2 Å². The average molecular weight is 294 g/mol. The zero-order valence-corrected chi connectivity index (χ0v) is 12.3. The number of carbonyl (C=O) groups excluding carboxylic acids is 2. The fraction of sp³-hybridized carbons (Fsp3) is 0.643. The molecule has 2 rings (SSSR count). The number of nitrogens with zero attached hydrogens (tertiary/aromatic N) is 2. The molecular weight excluding hydrogens is 272 g/mol. The van der Waals surface area contributed by atoms with Crippen LogP contribution in [0.5, 0.6) is 0 Å². The van der Waals surface area contributed by atoms with Crippen LogP contribution in [-0.2, 0) is 17.8 Å². The monoisotopic (exact) mass is 294 g/mol. The van der Waals surface area contributed by atoms with Crippen LogP contribution in [0.15, 0.2) is 10.6 Å². The summed E-state index contributed by atoms with van der Waals surface area (Å²) in [6, 6.07) is 1.70. The third-order valence-corrected chi connectivity index (χ3v) is 3.68. The van der Waals surface area contributed by atoms with E-state index in [1.54, 1.807) is 4.90 Å². The first-order chi connectivity index (χ1) is 10.1. The van der Waals surface area contributed by atoms with Crippen molar-refractivity contribution in [1.29, 1.82) is 0 Å². The highest BCUT2D eigenvalue weighted by molar-refractivity contribution is 5.75. The van der Waals surface area contributed by atoms with Crippen LogP contribution >= 0.6 is 0 Å². The number of primary amides is 1. The minimum atomic E-state index is -0.309. The molecule has 1 aliphatic rings. The quantitative estimate of drug-likeness (QED) is 0.847. The largest absolute Gasteiger partial charge is 0.370 e. The molecule has 21 heavy (non-hydrogen) atoms. The van der Waals surface area contributed by atoms with Crippen LogP contribution in [0.3, 0.4) is 0 Å². The van der Waals surface area contributed by atoms with E-state index in [1.165, 1.54) is 0 Å². The molecular formula is C14H22N4O3. The molecule has 1 atom stereocenters. The van der Waals surface area contributed by atoms with E-state index in [0.717, 1.165) is 25.0 Å². The molecule has 0 aliphatic carbocycles. The average Bonchev–Trinajstić information content (AvgIpc) is 2.92. The molecule has 1 aliphatic heterocycles. The normalized spacial score (nSPS) is 18.5. The van der Waals surface area contributed by atoms with Crippen molar-refractivity contribution < 1.29 is 14.1 Å². The van der Waals surface area contributed by atoms with Crippen LogP contribution in [0.4, 0.5) is 4.79 Å². The summed E-state index contributed by atoms with van der Waals surface area (Å²) < 4.78 is 5.12. The van der Waals surface area contributed by atoms with Crippen LogP contribution in [0, 0.1) is 5.92 Å². The number of amides is 3. The Bertz CT molecular complexity index is 500. The molecule has 3 amide bonds. The third-order valence-electron chi connectivity index (χ3n) is 3.68. The molecule has 7 nitrogen and oxygen atoms in total. The fourth-order valence-corrected chi connectivity index (χ4v) is 2.58. The first-order valence-corrected chi connectivity index (χ1v) is 7.34. The highest BCUT2D eigenvalue weighted by atomic mass is 16.5. The molecule has 7 heteroatoms. The lowest BCUT2D eigenvalue weighted by Crippen LogP contribution is -2.45. The van der Waals surface area contributed by atoms with Crippen LogP contribution in [-0.4, -0.2) is 35.1 Å². The number of nitrogens with one attached hydrogen (secondary N) is 1. The highest BCUT2D eigenvalue weighted by Crippen LogP contribution is 2.19. The lowest BCUT2D eigenvalue weighted by atomic mass is 9.95. The molecule has 116 valence electrons. The van der Waals surface area contributed by atoms with Gasteiger partial charge in [0.25, 0.3) is 0 Å². The number of hydrogen-bond acceptors (Lipinski definition) is 4. The molecule has 3 N–H and O–H groups in total. The first kappa shape index (κ1) is 15.3. The topological polar surface area (TPSA) is 101 Å². The van der Waals surface area contributed by atoms with Gasteiger partial charge in [0.1, 0.15) is 0 Å². The Morgan fingerprint density at radius 1 is 1.57 bits per heavy atom. The second-order valence-electron chi connectivity index (χ2n) is 5.42. The number of aromatic nitrogens is 1. The Morgan fingerprint density at radius 2 is 2.38 bits per heavy atom. The van der Waals surface area contributed by atoms with Crippen molar-refractivity contribution in [2.24, 2.45) is 11.7 Å². The standard InChI is InChI=1S/C14H22N4O3/c1-2-11-7-12(21-17-11)8-16-14(20)18-5-3-4-10(9-18)6-13(15)19/h7,10H,2-6,8-9H2,1H3,(H2,15,19)(H,16,20). The van der Waals surface area contributed by atoms with Gasteiger partial charge in [-0.1, -0.05) is 12.1 Å². The Balaban J connectivity index is 1.80. The second kappa shape index (κ2) is 7.10. The fourth-order valence-electron chi connectivity index (χ4n) is 2.58. The maximum Gasteiger partial charge on any atom is 0.317 e. The summed E-state index contributed by atoms with van der Waals surface area (Å²) in [5, 5.41) is 6.70. The number of aryl methyl sites for hydroxylation is 1. The lowest BCUT2D eigenvalue weighted by molar-refractivity contribution is -0.119. The lowest BCUT2D eigenvalue weighted by Gasteiger charge is -2.32. The molecule has 1 saturated heterocycles. The van der Waals surface area contributed by atoms with Crippen molar-refractivity contribution in [3.05, 3.63) is 17.5 Å². The smallest absolute Gasteiger partial charge is 0.317 e. The third kappa shape index (κ3) is 4.47. The van der Waals surface area contributed by atoms with E-state index < -0.39 is 0 Å². The Labute approximate surface area is 123 Å². The Hall–Kier alpha value is -2.05. The zero-order chi connectivity index (χ0) is 15.2. The van der Waals surface area contributed by atoms with Gasteiger partial charge in [-0.2, -0.15) is 0 Å². The van der Waals surface area contributed by atoms with Gasteiger partial charge in [-0.15, -0.1) is 0 Å². The van der Waals surface area contributed by atoms with E-state index >= 15 is 0 Å². The maximum atomic E-state index is 12.1. The molecule has 1 aromatic rings. The van der Waals surface area contributed by atoms with Gasteiger partial charge in [0.15, 0.2) is 5.76 Å². The number of nitrogens with two attached hydrogens (primary N) is 1. The summed E-state index contributed by atoms with van der Waals surface area (Å²) in [5.41, 5.74) is 6.09. The van der Waals surface area contributed by atoms with Crippen molar-refractivity contribution in [3.8, 4) is 0 Å². The van der Waals surface area contributed by atoms with Gasteiger partial charge in [0, 0.05) is 25.6 Å². The van der Waals surface area contributed by atoms with Gasteiger partial charge in [-0.3, -0.25) is 4.79 Å². The van der Waals surface area contributed by atoms with E-state index in [2.05, 4.69) is 10.5 Å². The van der Waals surface area contributed by atoms with Crippen molar-refractivity contribution in [2.75, 3.05) is 13.1 Å². The number of hydrogen-bond donors (Lipinski definition) is 2. The number of likely N-dealkylation sites (tertiary alicyclic amines) is 1. The van der Waals surface area contributed by atoms with Gasteiger partial charge >= 0.3 is 6.03 Å². The number of carbonyl (C=O) groups is 2. The molecule has 0 bridgehead atoms. The van der Waals surface area contributed by atoms with Gasteiger partial charge in [-0.05, 0) is 25.2 Å². The second-order valence-corrected chi connectivity index (χ2v) is 5.42. The van der Waals surface area contributed by atoms with Crippen molar-refractivity contribution >= 4 is 11.9 Å². The zero-order valence-electron chi connectivity index (χ0n) is 12.3. The predicted molar refractivity (Wildman–Crippen MR) is 76.2 cm³/mol. The van der Waals surface area contributed by atoms with E-state index in [9.17, 15) is 9.59 Å². The highest BCUT2D eigenvalue weighted by Gasteiger charge is 2.24. The van der Waals surface area contributed by atoms with E-state index in [1.807, 2.05) is 13.0 Å². The molecule has 0 aromatic carbocycles. The van der Waals surface area contributed by atoms with Crippen LogP contribution in [0.2, 0.25) is 0 Å². The number of rotatable bonds is 5. The van der Waals surface area contributed by atoms with Gasteiger partial charge < -0.3 is 20.5 Å². The summed E-state index contributed by atoms with van der Waals surface area (Å²) in [5.74, 6) is 0.501. The van der Waals surface area contributed by atoms with Crippen LogP contribution < -0.4 is 11.1 Å². The molecule has 1 unspecified atom stereocenters. The predicted octanol–water partition coefficient (Wildman–Crippen LogP) is 1.03. The molecule has 0 radical (unpaired) electrons. The summed E-state index contributed by atoms with van der Waals surface area (Å²) in [6.07, 6.45) is 2.98. The Kier molecular flexibility index (Phi) is 5.19. The van der Waals surface area contributed by atoms with E-state index in [4.69, 9.17) is 10.3 Å². The molecule has 1 fully saturated rings. The van der Waals surface area contributed by atoms with Crippen molar-refractivity contribution in [2.45, 2.75) is 39.2 Å². The van der Waals surface area contributed by atoms with Gasteiger partial charge in [-0.25, -0.2) is 4.79 Å². The summed E-state index contributed by atoms with van der Waals surface area (Å²) in [4.78, 5) is 24.8. The van der Waals surface area contributed by atoms with Crippen molar-refractivity contribution in [3.63, 3.8) is 0 Å². The molecule has 1 aromatic heterocycles. The molecule has 0 spiro atoms. The Morgan fingerprint density at radius 3 is 3.05 bits per heavy atom. The summed E-state index contributed by atoms with van der Waals surface area (Å²) >= 11 is 0. The minimum Gasteiger partial charge on any atom is -0.370 e. The number of urea groups is 1. The first-order valence-electron chi connectivity index (χ1n) is 7.34. The number of piperidine rings is 1. The SMILES string of the molecule is CCc1cc(CNC(=O)N2CCCC(CC(N)=O)C2)on1. The van der Waals surface area contributed by atoms with Crippen LogP contribution in [0.1, 0.15) is 37.6 Å². The maximum absolute atomic E-state index is 12.1. The van der Waals surface area contributed by atoms with E-state index in [0.29, 0.717) is 31.8 Å². The van der Waals surface area contributed by atoms with E-state index in [-0.39, 0.29) is 17.9 Å². The molecule has 2 heterocycles. The minimum absolute atomic E-state index is 0.140. The molecule has 0 saturated carbocycles.